The Morgan fingerprint density at radius 3 is 2.63 bits per heavy atom. The molecule has 1 heterocycles. The zero-order valence-corrected chi connectivity index (χ0v) is 11.6. The standard InChI is InChI=1S/C15H22N2O2/c1-2-3-7-13-12-14(17(18)19)8-9-15(13)16-10-5-4-6-11-16/h8-9,12H,2-7,10-11H2,1H3. The van der Waals surface area contributed by atoms with E-state index in [0.717, 1.165) is 37.9 Å². The van der Waals surface area contributed by atoms with Crippen LogP contribution in [-0.4, -0.2) is 18.0 Å². The van der Waals surface area contributed by atoms with Gasteiger partial charge in [-0.15, -0.1) is 0 Å². The van der Waals surface area contributed by atoms with Gasteiger partial charge >= 0.3 is 0 Å². The second-order valence-corrected chi connectivity index (χ2v) is 5.22. The van der Waals surface area contributed by atoms with Gasteiger partial charge in [0.25, 0.3) is 5.69 Å². The molecule has 19 heavy (non-hydrogen) atoms. The lowest BCUT2D eigenvalue weighted by Crippen LogP contribution is -2.30. The summed E-state index contributed by atoms with van der Waals surface area (Å²) in [7, 11) is 0. The molecular formula is C15H22N2O2. The molecule has 0 spiro atoms. The molecule has 0 aromatic heterocycles. The highest BCUT2D eigenvalue weighted by Gasteiger charge is 2.17. The molecule has 1 aliphatic rings. The van der Waals surface area contributed by atoms with E-state index in [4.69, 9.17) is 0 Å². The molecule has 0 radical (unpaired) electrons. The number of non-ortho nitro benzene ring substituents is 1. The van der Waals surface area contributed by atoms with E-state index in [1.165, 1.54) is 24.9 Å². The summed E-state index contributed by atoms with van der Waals surface area (Å²) >= 11 is 0. The number of anilines is 1. The van der Waals surface area contributed by atoms with Gasteiger partial charge in [0.15, 0.2) is 0 Å². The smallest absolute Gasteiger partial charge is 0.269 e. The van der Waals surface area contributed by atoms with Crippen molar-refractivity contribution in [2.75, 3.05) is 18.0 Å². The fourth-order valence-electron chi connectivity index (χ4n) is 2.70. The lowest BCUT2D eigenvalue weighted by atomic mass is 10.0. The fraction of sp³-hybridized carbons (Fsp3) is 0.600. The molecule has 4 heteroatoms. The molecule has 0 unspecified atom stereocenters. The lowest BCUT2D eigenvalue weighted by molar-refractivity contribution is -0.384. The van der Waals surface area contributed by atoms with Gasteiger partial charge in [0.05, 0.1) is 4.92 Å². The molecule has 0 amide bonds. The van der Waals surface area contributed by atoms with Crippen LogP contribution in [0.5, 0.6) is 0 Å². The average Bonchev–Trinajstić information content (AvgIpc) is 2.45. The van der Waals surface area contributed by atoms with Crippen LogP contribution >= 0.6 is 0 Å². The summed E-state index contributed by atoms with van der Waals surface area (Å²) in [6.45, 7) is 4.31. The van der Waals surface area contributed by atoms with Gasteiger partial charge in [-0.2, -0.15) is 0 Å². The first-order valence-corrected chi connectivity index (χ1v) is 7.24. The molecule has 1 aromatic rings. The van der Waals surface area contributed by atoms with Crippen LogP contribution in [0, 0.1) is 10.1 Å². The van der Waals surface area contributed by atoms with Crippen molar-refractivity contribution in [2.45, 2.75) is 45.4 Å². The van der Waals surface area contributed by atoms with E-state index in [1.807, 2.05) is 6.07 Å². The van der Waals surface area contributed by atoms with Gasteiger partial charge in [-0.05, 0) is 43.7 Å². The van der Waals surface area contributed by atoms with Gasteiger partial charge in [0.1, 0.15) is 0 Å². The maximum Gasteiger partial charge on any atom is 0.269 e. The second kappa shape index (κ2) is 6.55. The van der Waals surface area contributed by atoms with E-state index in [-0.39, 0.29) is 10.6 Å². The van der Waals surface area contributed by atoms with Gasteiger partial charge in [-0.1, -0.05) is 13.3 Å². The van der Waals surface area contributed by atoms with Crippen LogP contribution < -0.4 is 4.90 Å². The molecule has 2 rings (SSSR count). The third-order valence-electron chi connectivity index (χ3n) is 3.77. The molecule has 1 aliphatic heterocycles. The third kappa shape index (κ3) is 3.46. The van der Waals surface area contributed by atoms with E-state index < -0.39 is 0 Å². The zero-order chi connectivity index (χ0) is 13.7. The van der Waals surface area contributed by atoms with Crippen LogP contribution in [-0.2, 0) is 6.42 Å². The monoisotopic (exact) mass is 262 g/mol. The van der Waals surface area contributed by atoms with Crippen molar-refractivity contribution in [2.24, 2.45) is 0 Å². The fourth-order valence-corrected chi connectivity index (χ4v) is 2.70. The predicted octanol–water partition coefficient (Wildman–Crippen LogP) is 3.93. The van der Waals surface area contributed by atoms with Crippen molar-refractivity contribution < 1.29 is 4.92 Å². The lowest BCUT2D eigenvalue weighted by Gasteiger charge is -2.30. The Labute approximate surface area is 114 Å². The van der Waals surface area contributed by atoms with Crippen LogP contribution in [0.3, 0.4) is 0 Å². The molecule has 1 fully saturated rings. The Kier molecular flexibility index (Phi) is 4.77. The Morgan fingerprint density at radius 1 is 1.26 bits per heavy atom. The second-order valence-electron chi connectivity index (χ2n) is 5.22. The van der Waals surface area contributed by atoms with Crippen LogP contribution in [0.25, 0.3) is 0 Å². The van der Waals surface area contributed by atoms with Crippen LogP contribution in [0.2, 0.25) is 0 Å². The number of unbranched alkanes of at least 4 members (excludes halogenated alkanes) is 1. The molecule has 0 N–H and O–H groups in total. The van der Waals surface area contributed by atoms with Gasteiger partial charge in [0, 0.05) is 30.9 Å². The summed E-state index contributed by atoms with van der Waals surface area (Å²) in [6, 6.07) is 5.34. The van der Waals surface area contributed by atoms with Crippen LogP contribution in [0.1, 0.15) is 44.6 Å². The summed E-state index contributed by atoms with van der Waals surface area (Å²) in [5.41, 5.74) is 2.56. The first kappa shape index (κ1) is 13.8. The topological polar surface area (TPSA) is 46.4 Å². The largest absolute Gasteiger partial charge is 0.371 e. The van der Waals surface area contributed by atoms with E-state index in [1.54, 1.807) is 12.1 Å². The minimum Gasteiger partial charge on any atom is -0.371 e. The Morgan fingerprint density at radius 2 is 2.00 bits per heavy atom. The van der Waals surface area contributed by atoms with E-state index in [2.05, 4.69) is 11.8 Å². The number of hydrogen-bond acceptors (Lipinski definition) is 3. The minimum atomic E-state index is -0.296. The number of benzene rings is 1. The first-order chi connectivity index (χ1) is 9.22. The van der Waals surface area contributed by atoms with Gasteiger partial charge in [-0.3, -0.25) is 10.1 Å². The summed E-state index contributed by atoms with van der Waals surface area (Å²) < 4.78 is 0. The molecule has 1 aromatic carbocycles. The maximum absolute atomic E-state index is 10.9. The Bertz CT molecular complexity index is 440. The number of aryl methyl sites for hydroxylation is 1. The molecular weight excluding hydrogens is 240 g/mol. The number of hydrogen-bond donors (Lipinski definition) is 0. The highest BCUT2D eigenvalue weighted by Crippen LogP contribution is 2.29. The highest BCUT2D eigenvalue weighted by atomic mass is 16.6. The number of piperidine rings is 1. The van der Waals surface area contributed by atoms with Crippen LogP contribution in [0.15, 0.2) is 18.2 Å². The molecule has 0 aliphatic carbocycles. The van der Waals surface area contributed by atoms with Gasteiger partial charge < -0.3 is 4.90 Å². The number of nitro benzene ring substituents is 1. The molecule has 0 saturated carbocycles. The number of nitrogens with zero attached hydrogens (tertiary/aromatic N) is 2. The van der Waals surface area contributed by atoms with Crippen molar-refractivity contribution in [1.82, 2.24) is 0 Å². The van der Waals surface area contributed by atoms with Crippen molar-refractivity contribution in [3.63, 3.8) is 0 Å². The minimum absolute atomic E-state index is 0.215. The highest BCUT2D eigenvalue weighted by molar-refractivity contribution is 5.58. The van der Waals surface area contributed by atoms with E-state index in [9.17, 15) is 10.1 Å². The van der Waals surface area contributed by atoms with Gasteiger partial charge in [0.2, 0.25) is 0 Å². The summed E-state index contributed by atoms with van der Waals surface area (Å²) in [5.74, 6) is 0. The van der Waals surface area contributed by atoms with Crippen molar-refractivity contribution in [1.29, 1.82) is 0 Å². The maximum atomic E-state index is 10.9. The Balaban J connectivity index is 2.26. The van der Waals surface area contributed by atoms with E-state index >= 15 is 0 Å². The molecule has 104 valence electrons. The molecule has 1 saturated heterocycles. The molecule has 0 atom stereocenters. The van der Waals surface area contributed by atoms with Gasteiger partial charge in [-0.25, -0.2) is 0 Å². The third-order valence-corrected chi connectivity index (χ3v) is 3.77. The number of rotatable bonds is 5. The molecule has 0 bridgehead atoms. The first-order valence-electron chi connectivity index (χ1n) is 7.24. The number of nitro groups is 1. The van der Waals surface area contributed by atoms with Crippen molar-refractivity contribution in [3.05, 3.63) is 33.9 Å². The normalized spacial score (nSPS) is 15.5. The zero-order valence-electron chi connectivity index (χ0n) is 11.6. The summed E-state index contributed by atoms with van der Waals surface area (Å²) in [4.78, 5) is 13.0. The predicted molar refractivity (Wildman–Crippen MR) is 77.8 cm³/mol. The molecule has 4 nitrogen and oxygen atoms in total. The SMILES string of the molecule is CCCCc1cc([N+](=O)[O-])ccc1N1CCCCC1. The van der Waals surface area contributed by atoms with E-state index in [0.29, 0.717) is 0 Å². The average molecular weight is 262 g/mol. The van der Waals surface area contributed by atoms with Crippen molar-refractivity contribution >= 4 is 11.4 Å². The van der Waals surface area contributed by atoms with Crippen molar-refractivity contribution in [3.8, 4) is 0 Å². The van der Waals surface area contributed by atoms with Crippen LogP contribution in [0.4, 0.5) is 11.4 Å². The summed E-state index contributed by atoms with van der Waals surface area (Å²) in [5, 5.41) is 10.9. The Hall–Kier alpha value is -1.58. The summed E-state index contributed by atoms with van der Waals surface area (Å²) in [6.07, 6.45) is 6.89. The quantitative estimate of drug-likeness (QED) is 0.596.